The summed E-state index contributed by atoms with van der Waals surface area (Å²) >= 11 is 2.04. The maximum Gasteiger partial charge on any atom is 0.226 e. The van der Waals surface area contributed by atoms with Crippen molar-refractivity contribution in [3.8, 4) is 0 Å². The van der Waals surface area contributed by atoms with E-state index < -0.39 is 0 Å². The lowest BCUT2D eigenvalue weighted by atomic mass is 10.2. The molecule has 1 aromatic rings. The second kappa shape index (κ2) is 6.25. The Bertz CT molecular complexity index is 310. The van der Waals surface area contributed by atoms with Crippen LogP contribution in [0.2, 0.25) is 0 Å². The summed E-state index contributed by atoms with van der Waals surface area (Å²) in [5.74, 6) is 4.13. The lowest BCUT2D eigenvalue weighted by Crippen LogP contribution is -2.35. The fourth-order valence-electron chi connectivity index (χ4n) is 1.83. The molecule has 1 aromatic heterocycles. The van der Waals surface area contributed by atoms with Gasteiger partial charge in [0, 0.05) is 31.2 Å². The van der Waals surface area contributed by atoms with E-state index in [2.05, 4.69) is 15.5 Å². The van der Waals surface area contributed by atoms with Crippen LogP contribution in [0.1, 0.15) is 31.5 Å². The van der Waals surface area contributed by atoms with Gasteiger partial charge in [0.25, 0.3) is 0 Å². The monoisotopic (exact) mass is 241 g/mol. The van der Waals surface area contributed by atoms with Gasteiger partial charge in [-0.2, -0.15) is 16.7 Å². The van der Waals surface area contributed by atoms with Crippen molar-refractivity contribution in [3.05, 3.63) is 11.7 Å². The Morgan fingerprint density at radius 3 is 3.19 bits per heavy atom. The minimum absolute atomic E-state index is 0.677. The van der Waals surface area contributed by atoms with E-state index in [-0.39, 0.29) is 0 Å². The van der Waals surface area contributed by atoms with Crippen LogP contribution in [0.5, 0.6) is 0 Å². The molecule has 4 nitrogen and oxygen atoms in total. The van der Waals surface area contributed by atoms with Gasteiger partial charge in [0.05, 0.1) is 0 Å². The van der Waals surface area contributed by atoms with E-state index >= 15 is 0 Å². The highest BCUT2D eigenvalue weighted by molar-refractivity contribution is 7.99. The van der Waals surface area contributed by atoms with Crippen LogP contribution < -0.4 is 5.32 Å². The number of nitrogens with zero attached hydrogens (tertiary/aromatic N) is 2. The molecule has 2 heterocycles. The smallest absolute Gasteiger partial charge is 0.226 e. The van der Waals surface area contributed by atoms with Crippen LogP contribution in [0.15, 0.2) is 4.52 Å². The first kappa shape index (κ1) is 11.9. The van der Waals surface area contributed by atoms with Crippen molar-refractivity contribution in [1.82, 2.24) is 15.5 Å². The standard InChI is InChI=1S/C11H19N3OS/c1-2-11-13-10(14-15-11)5-6-12-9-4-3-7-16-8-9/h9,12H,2-8H2,1H3. The van der Waals surface area contributed by atoms with Gasteiger partial charge in [-0.25, -0.2) is 0 Å². The summed E-state index contributed by atoms with van der Waals surface area (Å²) in [6.07, 6.45) is 4.33. The molecule has 1 unspecified atom stereocenters. The molecular weight excluding hydrogens is 222 g/mol. The molecule has 1 saturated heterocycles. The number of thioether (sulfide) groups is 1. The molecule has 2 rings (SSSR count). The number of nitrogens with one attached hydrogen (secondary N) is 1. The van der Waals surface area contributed by atoms with E-state index in [4.69, 9.17) is 4.52 Å². The van der Waals surface area contributed by atoms with E-state index in [9.17, 15) is 0 Å². The van der Waals surface area contributed by atoms with Gasteiger partial charge in [-0.1, -0.05) is 12.1 Å². The highest BCUT2D eigenvalue weighted by Gasteiger charge is 2.13. The Morgan fingerprint density at radius 2 is 2.50 bits per heavy atom. The van der Waals surface area contributed by atoms with E-state index in [1.807, 2.05) is 18.7 Å². The molecule has 0 bridgehead atoms. The largest absolute Gasteiger partial charge is 0.339 e. The Balaban J connectivity index is 1.66. The van der Waals surface area contributed by atoms with Crippen LogP contribution in [0, 0.1) is 0 Å². The number of rotatable bonds is 5. The summed E-state index contributed by atoms with van der Waals surface area (Å²) in [5.41, 5.74) is 0. The first-order chi connectivity index (χ1) is 7.88. The predicted octanol–water partition coefficient (Wildman–Crippen LogP) is 1.66. The molecule has 5 heteroatoms. The molecule has 1 aliphatic heterocycles. The lowest BCUT2D eigenvalue weighted by molar-refractivity contribution is 0.375. The van der Waals surface area contributed by atoms with Crippen molar-refractivity contribution in [2.45, 2.75) is 38.6 Å². The van der Waals surface area contributed by atoms with Crippen molar-refractivity contribution >= 4 is 11.8 Å². The predicted molar refractivity (Wildman–Crippen MR) is 65.7 cm³/mol. The van der Waals surface area contributed by atoms with Crippen LogP contribution in [-0.2, 0) is 12.8 Å². The fraction of sp³-hybridized carbons (Fsp3) is 0.818. The van der Waals surface area contributed by atoms with Crippen LogP contribution in [-0.4, -0.2) is 34.2 Å². The number of hydrogen-bond acceptors (Lipinski definition) is 5. The number of hydrogen-bond donors (Lipinski definition) is 1. The van der Waals surface area contributed by atoms with Gasteiger partial charge < -0.3 is 9.84 Å². The molecular formula is C11H19N3OS. The third-order valence-electron chi connectivity index (χ3n) is 2.75. The van der Waals surface area contributed by atoms with E-state index in [1.54, 1.807) is 0 Å². The van der Waals surface area contributed by atoms with Gasteiger partial charge in [-0.3, -0.25) is 0 Å². The Kier molecular flexibility index (Phi) is 4.66. The van der Waals surface area contributed by atoms with Gasteiger partial charge in [-0.05, 0) is 18.6 Å². The number of aryl methyl sites for hydroxylation is 1. The van der Waals surface area contributed by atoms with E-state index in [0.29, 0.717) is 6.04 Å². The molecule has 0 radical (unpaired) electrons. The second-order valence-electron chi connectivity index (χ2n) is 4.08. The topological polar surface area (TPSA) is 51.0 Å². The zero-order chi connectivity index (χ0) is 11.2. The first-order valence-electron chi connectivity index (χ1n) is 6.01. The molecule has 0 aromatic carbocycles. The van der Waals surface area contributed by atoms with Crippen molar-refractivity contribution in [2.75, 3.05) is 18.1 Å². The van der Waals surface area contributed by atoms with Gasteiger partial charge in [0.1, 0.15) is 0 Å². The average Bonchev–Trinajstić information content (AvgIpc) is 2.78. The fourth-order valence-corrected chi connectivity index (χ4v) is 2.93. The van der Waals surface area contributed by atoms with Gasteiger partial charge in [-0.15, -0.1) is 0 Å². The molecule has 16 heavy (non-hydrogen) atoms. The maximum atomic E-state index is 5.06. The van der Waals surface area contributed by atoms with Crippen molar-refractivity contribution in [1.29, 1.82) is 0 Å². The summed E-state index contributed by atoms with van der Waals surface area (Å²) in [6.45, 7) is 2.97. The van der Waals surface area contributed by atoms with Crippen LogP contribution in [0.25, 0.3) is 0 Å². The van der Waals surface area contributed by atoms with E-state index in [0.717, 1.165) is 31.1 Å². The molecule has 0 saturated carbocycles. The third-order valence-corrected chi connectivity index (χ3v) is 3.97. The van der Waals surface area contributed by atoms with Crippen LogP contribution in [0.3, 0.4) is 0 Å². The molecule has 1 fully saturated rings. The third kappa shape index (κ3) is 3.49. The van der Waals surface area contributed by atoms with Crippen LogP contribution in [0.4, 0.5) is 0 Å². The molecule has 90 valence electrons. The van der Waals surface area contributed by atoms with Crippen LogP contribution >= 0.6 is 11.8 Å². The minimum atomic E-state index is 0.677. The zero-order valence-corrected chi connectivity index (χ0v) is 10.6. The Morgan fingerprint density at radius 1 is 1.56 bits per heavy atom. The lowest BCUT2D eigenvalue weighted by Gasteiger charge is -2.22. The molecule has 0 spiro atoms. The summed E-state index contributed by atoms with van der Waals surface area (Å²) < 4.78 is 5.06. The van der Waals surface area contributed by atoms with E-state index in [1.165, 1.54) is 24.3 Å². The molecule has 1 atom stereocenters. The average molecular weight is 241 g/mol. The summed E-state index contributed by atoms with van der Waals surface area (Å²) in [6, 6.07) is 0.677. The zero-order valence-electron chi connectivity index (χ0n) is 9.74. The highest BCUT2D eigenvalue weighted by atomic mass is 32.2. The van der Waals surface area contributed by atoms with Crippen molar-refractivity contribution in [2.24, 2.45) is 0 Å². The van der Waals surface area contributed by atoms with Gasteiger partial charge >= 0.3 is 0 Å². The SMILES string of the molecule is CCc1nc(CCNC2CCCSC2)no1. The second-order valence-corrected chi connectivity index (χ2v) is 5.23. The maximum absolute atomic E-state index is 5.06. The molecule has 1 N–H and O–H groups in total. The summed E-state index contributed by atoms with van der Waals surface area (Å²) in [5, 5.41) is 7.49. The Hall–Kier alpha value is -0.550. The molecule has 0 aliphatic carbocycles. The van der Waals surface area contributed by atoms with Crippen molar-refractivity contribution in [3.63, 3.8) is 0 Å². The van der Waals surface area contributed by atoms with Gasteiger partial charge in [0.15, 0.2) is 5.82 Å². The summed E-state index contributed by atoms with van der Waals surface area (Å²) in [7, 11) is 0. The van der Waals surface area contributed by atoms with Crippen molar-refractivity contribution < 1.29 is 4.52 Å². The Labute approximate surface area is 101 Å². The quantitative estimate of drug-likeness (QED) is 0.849. The summed E-state index contributed by atoms with van der Waals surface area (Å²) in [4.78, 5) is 4.29. The minimum Gasteiger partial charge on any atom is -0.339 e. The van der Waals surface area contributed by atoms with Gasteiger partial charge in [0.2, 0.25) is 5.89 Å². The molecule has 1 aliphatic rings. The molecule has 0 amide bonds. The first-order valence-corrected chi connectivity index (χ1v) is 7.16. The highest BCUT2D eigenvalue weighted by Crippen LogP contribution is 2.16. The number of aromatic nitrogens is 2. The normalized spacial score (nSPS) is 21.2.